The lowest BCUT2D eigenvalue weighted by atomic mass is 9.85. The average molecular weight is 384 g/mol. The molecule has 1 aliphatic rings. The summed E-state index contributed by atoms with van der Waals surface area (Å²) in [5.74, 6) is 0.485. The van der Waals surface area contributed by atoms with E-state index in [1.54, 1.807) is 0 Å². The van der Waals surface area contributed by atoms with Gasteiger partial charge in [-0.25, -0.2) is 0 Å². The first-order chi connectivity index (χ1) is 12.8. The number of aryl methyl sites for hydroxylation is 2. The molecule has 0 amide bonds. The molecular formula is C24H34NOP. The van der Waals surface area contributed by atoms with Crippen molar-refractivity contribution in [1.82, 2.24) is 4.90 Å². The third kappa shape index (κ3) is 4.92. The standard InChI is InChI=1S/C24H34NOP/c1-17-14-20(24(3,4)5)22(26)21(15-17)27-23-18(2)10-9-11-19(23)16-25-12-7-6-8-13-25/h9-11,14-15,26-27H,6-8,12-13,16H2,1-5H3. The molecule has 0 aliphatic carbocycles. The minimum atomic E-state index is -0.0578. The van der Waals surface area contributed by atoms with Crippen molar-refractivity contribution < 1.29 is 5.11 Å². The molecule has 2 nitrogen and oxygen atoms in total. The lowest BCUT2D eigenvalue weighted by Gasteiger charge is -2.28. The molecule has 2 aromatic rings. The molecule has 1 saturated heterocycles. The molecule has 3 rings (SSSR count). The van der Waals surface area contributed by atoms with Gasteiger partial charge in [-0.15, -0.1) is 0 Å². The van der Waals surface area contributed by atoms with Crippen LogP contribution in [0.5, 0.6) is 5.75 Å². The molecule has 146 valence electrons. The fourth-order valence-corrected chi connectivity index (χ4v) is 5.40. The average Bonchev–Trinajstić information content (AvgIpc) is 2.60. The molecule has 0 bridgehead atoms. The lowest BCUT2D eigenvalue weighted by Crippen LogP contribution is -2.31. The summed E-state index contributed by atoms with van der Waals surface area (Å²) in [5.41, 5.74) is 4.98. The van der Waals surface area contributed by atoms with E-state index in [0.717, 1.165) is 17.4 Å². The predicted octanol–water partition coefficient (Wildman–Crippen LogP) is 4.92. The van der Waals surface area contributed by atoms with E-state index < -0.39 is 0 Å². The highest BCUT2D eigenvalue weighted by atomic mass is 31.1. The Morgan fingerprint density at radius 3 is 2.41 bits per heavy atom. The van der Waals surface area contributed by atoms with Crippen LogP contribution in [0.25, 0.3) is 0 Å². The molecule has 1 fully saturated rings. The fraction of sp³-hybridized carbons (Fsp3) is 0.500. The number of likely N-dealkylation sites (tertiary alicyclic amines) is 1. The molecule has 0 aromatic heterocycles. The van der Waals surface area contributed by atoms with Gasteiger partial charge in [0.05, 0.1) is 0 Å². The summed E-state index contributed by atoms with van der Waals surface area (Å²) in [5, 5.41) is 13.5. The van der Waals surface area contributed by atoms with Crippen molar-refractivity contribution in [2.24, 2.45) is 0 Å². The van der Waals surface area contributed by atoms with Gasteiger partial charge in [-0.1, -0.05) is 60.0 Å². The van der Waals surface area contributed by atoms with E-state index in [1.807, 2.05) is 0 Å². The highest BCUT2D eigenvalue weighted by molar-refractivity contribution is 7.56. The SMILES string of the molecule is Cc1cc(Pc2c(C)cccc2CN2CCCCC2)c(O)c(C(C)(C)C)c1. The first-order valence-electron chi connectivity index (χ1n) is 10.2. The Balaban J connectivity index is 1.95. The molecule has 0 spiro atoms. The molecule has 1 heterocycles. The predicted molar refractivity (Wildman–Crippen MR) is 119 cm³/mol. The van der Waals surface area contributed by atoms with Crippen LogP contribution in [0.2, 0.25) is 0 Å². The Bertz CT molecular complexity index is 801. The van der Waals surface area contributed by atoms with Gasteiger partial charge in [0.15, 0.2) is 0 Å². The van der Waals surface area contributed by atoms with Crippen molar-refractivity contribution in [3.8, 4) is 5.75 Å². The van der Waals surface area contributed by atoms with Crippen LogP contribution in [-0.2, 0) is 12.0 Å². The quantitative estimate of drug-likeness (QED) is 0.758. The topological polar surface area (TPSA) is 23.5 Å². The molecule has 1 atom stereocenters. The molecule has 1 N–H and O–H groups in total. The third-order valence-electron chi connectivity index (χ3n) is 5.52. The summed E-state index contributed by atoms with van der Waals surface area (Å²) in [6, 6.07) is 11.0. The first kappa shape index (κ1) is 20.4. The second kappa shape index (κ2) is 8.33. The number of hydrogen-bond donors (Lipinski definition) is 1. The van der Waals surface area contributed by atoms with Crippen LogP contribution in [0, 0.1) is 13.8 Å². The Hall–Kier alpha value is -1.37. The first-order valence-corrected chi connectivity index (χ1v) is 11.2. The zero-order valence-electron chi connectivity index (χ0n) is 17.5. The maximum absolute atomic E-state index is 11.0. The van der Waals surface area contributed by atoms with Crippen LogP contribution < -0.4 is 10.6 Å². The molecule has 2 aromatic carbocycles. The van der Waals surface area contributed by atoms with Crippen molar-refractivity contribution in [2.75, 3.05) is 13.1 Å². The molecule has 0 radical (unpaired) electrons. The Morgan fingerprint density at radius 2 is 1.74 bits per heavy atom. The number of nitrogens with zero attached hydrogens (tertiary/aromatic N) is 1. The van der Waals surface area contributed by atoms with Gasteiger partial charge in [0.1, 0.15) is 5.75 Å². The van der Waals surface area contributed by atoms with Gasteiger partial charge >= 0.3 is 0 Å². The maximum Gasteiger partial charge on any atom is 0.127 e. The number of rotatable bonds is 4. The van der Waals surface area contributed by atoms with Crippen molar-refractivity contribution in [3.63, 3.8) is 0 Å². The number of phenols is 1. The summed E-state index contributed by atoms with van der Waals surface area (Å²) in [7, 11) is 0.489. The minimum Gasteiger partial charge on any atom is -0.507 e. The zero-order valence-corrected chi connectivity index (χ0v) is 18.5. The number of hydrogen-bond acceptors (Lipinski definition) is 2. The molecule has 3 heteroatoms. The summed E-state index contributed by atoms with van der Waals surface area (Å²) in [6.07, 6.45) is 4.00. The van der Waals surface area contributed by atoms with Gasteiger partial charge in [0.25, 0.3) is 0 Å². The number of benzene rings is 2. The lowest BCUT2D eigenvalue weighted by molar-refractivity contribution is 0.221. The monoisotopic (exact) mass is 383 g/mol. The smallest absolute Gasteiger partial charge is 0.127 e. The Labute approximate surface area is 166 Å². The largest absolute Gasteiger partial charge is 0.507 e. The number of phenolic OH excluding ortho intramolecular Hbond substituents is 1. The second-order valence-electron chi connectivity index (χ2n) is 9.03. The van der Waals surface area contributed by atoms with Crippen LogP contribution in [0.15, 0.2) is 30.3 Å². The van der Waals surface area contributed by atoms with E-state index in [1.165, 1.54) is 54.3 Å². The van der Waals surface area contributed by atoms with E-state index in [2.05, 4.69) is 69.9 Å². The second-order valence-corrected chi connectivity index (χ2v) is 10.3. The summed E-state index contributed by atoms with van der Waals surface area (Å²) in [6.45, 7) is 14.3. The highest BCUT2D eigenvalue weighted by Gasteiger charge is 2.22. The Morgan fingerprint density at radius 1 is 1.04 bits per heavy atom. The van der Waals surface area contributed by atoms with Crippen molar-refractivity contribution in [3.05, 3.63) is 52.6 Å². The van der Waals surface area contributed by atoms with Crippen LogP contribution in [-0.4, -0.2) is 23.1 Å². The molecule has 1 aliphatic heterocycles. The Kier molecular flexibility index (Phi) is 6.28. The van der Waals surface area contributed by atoms with E-state index >= 15 is 0 Å². The molecule has 1 unspecified atom stereocenters. The normalized spacial score (nSPS) is 16.3. The summed E-state index contributed by atoms with van der Waals surface area (Å²) >= 11 is 0. The van der Waals surface area contributed by atoms with E-state index in [0.29, 0.717) is 14.3 Å². The summed E-state index contributed by atoms with van der Waals surface area (Å²) < 4.78 is 0. The van der Waals surface area contributed by atoms with Gasteiger partial charge in [-0.05, 0) is 73.3 Å². The highest BCUT2D eigenvalue weighted by Crippen LogP contribution is 2.34. The van der Waals surface area contributed by atoms with Crippen LogP contribution in [0.4, 0.5) is 0 Å². The van der Waals surface area contributed by atoms with Gasteiger partial charge in [-0.2, -0.15) is 0 Å². The van der Waals surface area contributed by atoms with Crippen LogP contribution >= 0.6 is 8.58 Å². The van der Waals surface area contributed by atoms with Crippen molar-refractivity contribution in [1.29, 1.82) is 0 Å². The van der Waals surface area contributed by atoms with Gasteiger partial charge in [-0.3, -0.25) is 4.90 Å². The maximum atomic E-state index is 11.0. The van der Waals surface area contributed by atoms with E-state index in [4.69, 9.17) is 0 Å². The van der Waals surface area contributed by atoms with Crippen LogP contribution in [0.1, 0.15) is 62.3 Å². The molecule has 27 heavy (non-hydrogen) atoms. The zero-order chi connectivity index (χ0) is 19.6. The van der Waals surface area contributed by atoms with Gasteiger partial charge in [0, 0.05) is 17.4 Å². The van der Waals surface area contributed by atoms with Crippen LogP contribution in [0.3, 0.4) is 0 Å². The van der Waals surface area contributed by atoms with Gasteiger partial charge < -0.3 is 5.11 Å². The van der Waals surface area contributed by atoms with E-state index in [9.17, 15) is 5.11 Å². The van der Waals surface area contributed by atoms with Gasteiger partial charge in [0.2, 0.25) is 0 Å². The molecular weight excluding hydrogens is 349 g/mol. The number of aromatic hydroxyl groups is 1. The molecule has 0 saturated carbocycles. The minimum absolute atomic E-state index is 0.0578. The van der Waals surface area contributed by atoms with E-state index in [-0.39, 0.29) is 5.41 Å². The summed E-state index contributed by atoms with van der Waals surface area (Å²) in [4.78, 5) is 2.59. The number of piperidine rings is 1. The van der Waals surface area contributed by atoms with Crippen molar-refractivity contribution >= 4 is 19.2 Å². The third-order valence-corrected chi connectivity index (χ3v) is 7.14. The fourth-order valence-electron chi connectivity index (χ4n) is 3.98. The van der Waals surface area contributed by atoms with Crippen molar-refractivity contribution in [2.45, 2.75) is 65.8 Å².